The molecule has 7 rings (SSSR count). The predicted octanol–water partition coefficient (Wildman–Crippen LogP) is 5.28. The molecule has 0 unspecified atom stereocenters. The largest absolute Gasteiger partial charge is 0.497 e. The van der Waals surface area contributed by atoms with E-state index in [0.29, 0.717) is 28.0 Å². The molecule has 1 saturated heterocycles. The van der Waals surface area contributed by atoms with Crippen LogP contribution in [0.25, 0.3) is 27.4 Å². The normalized spacial score (nSPS) is 20.7. The highest BCUT2D eigenvalue weighted by Crippen LogP contribution is 2.56. The lowest BCUT2D eigenvalue weighted by Crippen LogP contribution is -2.22. The van der Waals surface area contributed by atoms with E-state index in [9.17, 15) is 0 Å². The molecule has 190 valence electrons. The first-order valence-corrected chi connectivity index (χ1v) is 13.0. The summed E-state index contributed by atoms with van der Waals surface area (Å²) >= 11 is 1.38. The van der Waals surface area contributed by atoms with Crippen molar-refractivity contribution in [3.8, 4) is 33.9 Å². The summed E-state index contributed by atoms with van der Waals surface area (Å²) in [5, 5.41) is 5.83. The summed E-state index contributed by atoms with van der Waals surface area (Å²) in [5.41, 5.74) is 2.79. The van der Waals surface area contributed by atoms with Gasteiger partial charge >= 0.3 is 0 Å². The number of methoxy groups -OCH3 is 3. The molecule has 3 aromatic heterocycles. The van der Waals surface area contributed by atoms with Gasteiger partial charge in [0.15, 0.2) is 5.76 Å². The van der Waals surface area contributed by atoms with E-state index in [-0.39, 0.29) is 11.5 Å². The van der Waals surface area contributed by atoms with Crippen LogP contribution in [0.4, 0.5) is 5.69 Å². The maximum atomic E-state index is 6.62. The molecule has 9 nitrogen and oxygen atoms in total. The van der Waals surface area contributed by atoms with Crippen LogP contribution in [0.5, 0.6) is 22.4 Å². The van der Waals surface area contributed by atoms with Crippen LogP contribution in [-0.2, 0) is 0 Å². The third-order valence-electron chi connectivity index (χ3n) is 7.47. The van der Waals surface area contributed by atoms with Gasteiger partial charge in [0, 0.05) is 36.3 Å². The number of ether oxygens (including phenoxy) is 4. The van der Waals surface area contributed by atoms with E-state index in [1.54, 1.807) is 25.8 Å². The van der Waals surface area contributed by atoms with Gasteiger partial charge in [0.1, 0.15) is 34.6 Å². The molecule has 37 heavy (non-hydrogen) atoms. The highest BCUT2D eigenvalue weighted by atomic mass is 32.1. The Hall–Kier alpha value is -3.92. The topological polar surface area (TPSA) is 83.5 Å². The van der Waals surface area contributed by atoms with Crippen molar-refractivity contribution in [1.29, 1.82) is 0 Å². The third kappa shape index (κ3) is 3.74. The van der Waals surface area contributed by atoms with Gasteiger partial charge in [-0.25, -0.2) is 9.50 Å². The standard InChI is InChI=1S/C27H26N4O5S/c1-32-17-6-4-16(5-7-17)30-9-8-27(15-30)13-24(27)36-22-11-18(33-2)10-21-19(22)12-23(35-21)20-14-31-25(28-20)37-26(29-31)34-3/h4-7,10-12,14,24H,8-9,13,15H2,1-3H3/t24-,27+/m0/s1. The highest BCUT2D eigenvalue weighted by molar-refractivity contribution is 7.18. The molecule has 0 bridgehead atoms. The smallest absolute Gasteiger partial charge is 0.294 e. The van der Waals surface area contributed by atoms with Crippen molar-refractivity contribution < 1.29 is 23.4 Å². The van der Waals surface area contributed by atoms with Gasteiger partial charge in [0.05, 0.1) is 32.9 Å². The fourth-order valence-electron chi connectivity index (χ4n) is 5.28. The van der Waals surface area contributed by atoms with E-state index >= 15 is 0 Å². The maximum Gasteiger partial charge on any atom is 0.294 e. The monoisotopic (exact) mass is 518 g/mol. The minimum Gasteiger partial charge on any atom is -0.497 e. The molecular formula is C27H26N4O5S. The van der Waals surface area contributed by atoms with Crippen molar-refractivity contribution in [1.82, 2.24) is 14.6 Å². The molecule has 1 aliphatic heterocycles. The fraction of sp³-hybridized carbons (Fsp3) is 0.333. The van der Waals surface area contributed by atoms with Gasteiger partial charge in [-0.1, -0.05) is 0 Å². The summed E-state index contributed by atoms with van der Waals surface area (Å²) in [6.45, 7) is 2.00. The molecule has 1 spiro atoms. The van der Waals surface area contributed by atoms with E-state index in [0.717, 1.165) is 47.8 Å². The van der Waals surface area contributed by atoms with Crippen molar-refractivity contribution in [3.63, 3.8) is 0 Å². The van der Waals surface area contributed by atoms with Crippen LogP contribution in [0.3, 0.4) is 0 Å². The van der Waals surface area contributed by atoms with Gasteiger partial charge in [-0.05, 0) is 54.5 Å². The number of anilines is 1. The Labute approximate surface area is 217 Å². The average molecular weight is 519 g/mol. The molecule has 5 aromatic rings. The van der Waals surface area contributed by atoms with Crippen LogP contribution in [0.15, 0.2) is 53.1 Å². The second-order valence-corrected chi connectivity index (χ2v) is 10.5. The minimum absolute atomic E-state index is 0.152. The van der Waals surface area contributed by atoms with Gasteiger partial charge in [-0.3, -0.25) is 0 Å². The van der Waals surface area contributed by atoms with Gasteiger partial charge in [-0.15, -0.1) is 5.10 Å². The average Bonchev–Trinajstić information content (AvgIpc) is 3.42. The Bertz CT molecular complexity index is 1580. The summed E-state index contributed by atoms with van der Waals surface area (Å²) < 4.78 is 30.6. The van der Waals surface area contributed by atoms with Crippen molar-refractivity contribution in [2.45, 2.75) is 18.9 Å². The number of furan rings is 1. The number of fused-ring (bicyclic) bond motifs is 2. The lowest BCUT2D eigenvalue weighted by atomic mass is 10.1. The zero-order valence-electron chi connectivity index (χ0n) is 20.8. The minimum atomic E-state index is 0.152. The molecule has 10 heteroatoms. The summed E-state index contributed by atoms with van der Waals surface area (Å²) in [6.07, 6.45) is 4.13. The Balaban J connectivity index is 1.14. The molecule has 1 aliphatic carbocycles. The number of benzene rings is 2. The van der Waals surface area contributed by atoms with E-state index < -0.39 is 0 Å². The number of rotatable bonds is 7. The molecule has 1 saturated carbocycles. The number of imidazole rings is 1. The van der Waals surface area contributed by atoms with E-state index in [1.165, 1.54) is 17.0 Å². The summed E-state index contributed by atoms with van der Waals surface area (Å²) in [5.74, 6) is 3.00. The van der Waals surface area contributed by atoms with E-state index in [2.05, 4.69) is 27.1 Å². The molecule has 2 aromatic carbocycles. The lowest BCUT2D eigenvalue weighted by molar-refractivity contribution is 0.254. The fourth-order valence-corrected chi connectivity index (χ4v) is 5.98. The first kappa shape index (κ1) is 22.3. The van der Waals surface area contributed by atoms with Crippen LogP contribution in [0, 0.1) is 5.41 Å². The Morgan fingerprint density at radius 2 is 1.86 bits per heavy atom. The number of hydrogen-bond acceptors (Lipinski definition) is 9. The Kier molecular flexibility index (Phi) is 5.00. The van der Waals surface area contributed by atoms with Crippen molar-refractivity contribution in [2.24, 2.45) is 5.41 Å². The van der Waals surface area contributed by atoms with E-state index in [4.69, 9.17) is 23.4 Å². The molecule has 2 fully saturated rings. The van der Waals surface area contributed by atoms with Crippen LogP contribution < -0.4 is 23.8 Å². The molecule has 0 N–H and O–H groups in total. The van der Waals surface area contributed by atoms with Crippen molar-refractivity contribution >= 4 is 33.0 Å². The number of aromatic nitrogens is 3. The SMILES string of the molecule is COc1ccc(N2CC[C@@]3(C[C@@H]3Oc3cc(OC)cc4oc(-c5cn6nc(OC)sc6n5)cc34)C2)cc1. The number of nitrogens with zero attached hydrogens (tertiary/aromatic N) is 4. The predicted molar refractivity (Wildman–Crippen MR) is 140 cm³/mol. The van der Waals surface area contributed by atoms with Crippen LogP contribution in [-0.4, -0.2) is 55.1 Å². The third-order valence-corrected chi connectivity index (χ3v) is 8.35. The summed E-state index contributed by atoms with van der Waals surface area (Å²) in [7, 11) is 4.94. The van der Waals surface area contributed by atoms with Crippen molar-refractivity contribution in [3.05, 3.63) is 48.7 Å². The first-order valence-electron chi connectivity index (χ1n) is 12.2. The van der Waals surface area contributed by atoms with Crippen molar-refractivity contribution in [2.75, 3.05) is 39.3 Å². The maximum absolute atomic E-state index is 6.62. The summed E-state index contributed by atoms with van der Waals surface area (Å²) in [6, 6.07) is 14.1. The Morgan fingerprint density at radius 1 is 1.03 bits per heavy atom. The van der Waals surface area contributed by atoms with Crippen LogP contribution in [0.1, 0.15) is 12.8 Å². The van der Waals surface area contributed by atoms with Gasteiger partial charge in [0.25, 0.3) is 5.19 Å². The van der Waals surface area contributed by atoms with Gasteiger partial charge in [-0.2, -0.15) is 0 Å². The number of hydrogen-bond donors (Lipinski definition) is 0. The second-order valence-electron chi connectivity index (χ2n) is 9.62. The molecule has 2 atom stereocenters. The molecule has 0 radical (unpaired) electrons. The zero-order valence-corrected chi connectivity index (χ0v) is 21.6. The molecule has 2 aliphatic rings. The zero-order chi connectivity index (χ0) is 25.1. The molecule has 4 heterocycles. The first-order chi connectivity index (χ1) is 18.1. The highest BCUT2D eigenvalue weighted by Gasteiger charge is 2.59. The molecule has 0 amide bonds. The summed E-state index contributed by atoms with van der Waals surface area (Å²) in [4.78, 5) is 7.84. The van der Waals surface area contributed by atoms with Crippen LogP contribution in [0.2, 0.25) is 0 Å². The van der Waals surface area contributed by atoms with E-state index in [1.807, 2.05) is 36.5 Å². The van der Waals surface area contributed by atoms with Gasteiger partial charge < -0.3 is 28.3 Å². The molecular weight excluding hydrogens is 492 g/mol. The van der Waals surface area contributed by atoms with Crippen LogP contribution >= 0.6 is 11.3 Å². The second kappa shape index (κ2) is 8.31. The Morgan fingerprint density at radius 3 is 2.62 bits per heavy atom. The lowest BCUT2D eigenvalue weighted by Gasteiger charge is -2.19. The van der Waals surface area contributed by atoms with Gasteiger partial charge in [0.2, 0.25) is 4.96 Å². The quantitative estimate of drug-likeness (QED) is 0.288.